The lowest BCUT2D eigenvalue weighted by Crippen LogP contribution is -2.24. The van der Waals surface area contributed by atoms with Crippen LogP contribution in [0.5, 0.6) is 11.5 Å². The van der Waals surface area contributed by atoms with Crippen molar-refractivity contribution < 1.29 is 9.15 Å². The minimum absolute atomic E-state index is 0.0229. The van der Waals surface area contributed by atoms with Gasteiger partial charge < -0.3 is 19.0 Å². The molecule has 1 aliphatic heterocycles. The minimum atomic E-state index is -0.0229. The molecule has 6 heteroatoms. The van der Waals surface area contributed by atoms with E-state index in [1.807, 2.05) is 12.3 Å². The quantitative estimate of drug-likeness (QED) is 0.153. The van der Waals surface area contributed by atoms with E-state index in [0.717, 1.165) is 84.0 Å². The van der Waals surface area contributed by atoms with Gasteiger partial charge in [-0.3, -0.25) is 4.57 Å². The number of furan rings is 1. The predicted octanol–water partition coefficient (Wildman–Crippen LogP) is 16.3. The fraction of sp³-hybridized carbons (Fsp3) is 0.190. The van der Waals surface area contributed by atoms with Crippen LogP contribution in [0, 0.1) is 0 Å². The van der Waals surface area contributed by atoms with Gasteiger partial charge in [-0.15, -0.1) is 0 Å². The molecule has 6 nitrogen and oxygen atoms in total. The molecule has 316 valence electrons. The van der Waals surface area contributed by atoms with Crippen LogP contribution in [-0.2, 0) is 5.41 Å². The molecule has 1 aliphatic rings. The van der Waals surface area contributed by atoms with Crippen LogP contribution in [-0.4, -0.2) is 16.2 Å². The normalized spacial score (nSPS) is 13.1. The Morgan fingerprint density at radius 3 is 1.98 bits per heavy atom. The van der Waals surface area contributed by atoms with Crippen molar-refractivity contribution in [3.05, 3.63) is 181 Å². The summed E-state index contributed by atoms with van der Waals surface area (Å²) < 4.78 is 15.8. The van der Waals surface area contributed by atoms with Gasteiger partial charge in [-0.05, 0) is 118 Å². The first-order valence-corrected chi connectivity index (χ1v) is 22.5. The van der Waals surface area contributed by atoms with Crippen molar-refractivity contribution in [1.29, 1.82) is 0 Å². The van der Waals surface area contributed by atoms with Crippen molar-refractivity contribution in [2.24, 2.45) is 0 Å². The third kappa shape index (κ3) is 6.59. The van der Waals surface area contributed by atoms with Crippen molar-refractivity contribution in [2.75, 3.05) is 16.5 Å². The van der Waals surface area contributed by atoms with E-state index < -0.39 is 0 Å². The highest BCUT2D eigenvalue weighted by molar-refractivity contribution is 6.13. The third-order valence-corrected chi connectivity index (χ3v) is 13.0. The number of nitrogens with zero attached hydrogens (tertiary/aromatic N) is 4. The molecule has 3 aromatic heterocycles. The molecule has 0 bridgehead atoms. The Bertz CT molecular complexity index is 3390. The van der Waals surface area contributed by atoms with Gasteiger partial charge in [0.15, 0.2) is 0 Å². The number of para-hydroxylation sites is 4. The molecule has 7 aromatic carbocycles. The van der Waals surface area contributed by atoms with E-state index in [-0.39, 0.29) is 5.41 Å². The predicted molar refractivity (Wildman–Crippen MR) is 267 cm³/mol. The second kappa shape index (κ2) is 15.2. The van der Waals surface area contributed by atoms with E-state index in [0.29, 0.717) is 18.5 Å². The zero-order chi connectivity index (χ0) is 43.9. The van der Waals surface area contributed by atoms with Crippen molar-refractivity contribution in [3.8, 4) is 28.4 Å². The highest BCUT2D eigenvalue weighted by Gasteiger charge is 2.31. The first-order chi connectivity index (χ1) is 31.0. The molecule has 0 amide bonds. The number of rotatable bonds is 8. The number of aromatic nitrogens is 2. The van der Waals surface area contributed by atoms with Gasteiger partial charge in [0.1, 0.15) is 35.2 Å². The zero-order valence-corrected chi connectivity index (χ0v) is 37.6. The fourth-order valence-electron chi connectivity index (χ4n) is 9.85. The van der Waals surface area contributed by atoms with E-state index in [1.54, 1.807) is 0 Å². The lowest BCUT2D eigenvalue weighted by atomic mass is 9.85. The number of anilines is 4. The number of pyridine rings is 1. The van der Waals surface area contributed by atoms with Crippen LogP contribution >= 0.6 is 0 Å². The van der Waals surface area contributed by atoms with Crippen LogP contribution < -0.4 is 14.5 Å². The molecule has 4 heterocycles. The second-order valence-electron chi connectivity index (χ2n) is 18.9. The summed E-state index contributed by atoms with van der Waals surface area (Å²) in [6, 6.07) is 56.5. The Balaban J connectivity index is 1.08. The Kier molecular flexibility index (Phi) is 9.39. The van der Waals surface area contributed by atoms with Crippen LogP contribution in [0.3, 0.4) is 0 Å². The van der Waals surface area contributed by atoms with Gasteiger partial charge in [-0.25, -0.2) is 4.98 Å². The standard InChI is InChI=1S/C58H52N4O2/c1-36(2)43-18-14-19-44(37(3)4)56(43)38-30-40(60-35-61(50-22-12-11-21-49(50)60)51-23-15-25-54-57(51)47-17-9-13-24-53(47)64-54)33-42(31-38)63-41-26-27-46-45-16-8-10-20-48(45)62(52(46)34-41)55-32-39(28-29-59-55)58(5,6)7/h8-34,36-37H,35H2,1-7H3. The smallest absolute Gasteiger partial charge is 0.137 e. The average molecular weight is 837 g/mol. The van der Waals surface area contributed by atoms with Gasteiger partial charge in [-0.1, -0.05) is 121 Å². The van der Waals surface area contributed by atoms with Crippen molar-refractivity contribution in [1.82, 2.24) is 9.55 Å². The maximum absolute atomic E-state index is 7.12. The summed E-state index contributed by atoms with van der Waals surface area (Å²) >= 11 is 0. The molecule has 11 rings (SSSR count). The van der Waals surface area contributed by atoms with Gasteiger partial charge >= 0.3 is 0 Å². The summed E-state index contributed by atoms with van der Waals surface area (Å²) in [7, 11) is 0. The van der Waals surface area contributed by atoms with Gasteiger partial charge in [-0.2, -0.15) is 0 Å². The summed E-state index contributed by atoms with van der Waals surface area (Å²) in [5.74, 6) is 3.07. The van der Waals surface area contributed by atoms with E-state index in [1.165, 1.54) is 27.6 Å². The van der Waals surface area contributed by atoms with Crippen LogP contribution in [0.2, 0.25) is 0 Å². The number of hydrogen-bond acceptors (Lipinski definition) is 5. The lowest BCUT2D eigenvalue weighted by molar-refractivity contribution is 0.483. The van der Waals surface area contributed by atoms with E-state index in [2.05, 4.69) is 214 Å². The molecule has 0 aliphatic carbocycles. The van der Waals surface area contributed by atoms with Crippen LogP contribution in [0.25, 0.3) is 60.7 Å². The molecule has 0 saturated heterocycles. The lowest BCUT2D eigenvalue weighted by Gasteiger charge is -2.25. The summed E-state index contributed by atoms with van der Waals surface area (Å²) in [4.78, 5) is 9.78. The molecule has 10 aromatic rings. The third-order valence-electron chi connectivity index (χ3n) is 13.0. The summed E-state index contributed by atoms with van der Waals surface area (Å²) in [5.41, 5.74) is 14.6. The second-order valence-corrected chi connectivity index (χ2v) is 18.9. The first kappa shape index (κ1) is 39.5. The van der Waals surface area contributed by atoms with Crippen LogP contribution in [0.4, 0.5) is 22.7 Å². The van der Waals surface area contributed by atoms with Crippen LogP contribution in [0.15, 0.2) is 168 Å². The monoisotopic (exact) mass is 836 g/mol. The largest absolute Gasteiger partial charge is 0.457 e. The highest BCUT2D eigenvalue weighted by Crippen LogP contribution is 2.49. The molecular formula is C58H52N4O2. The Morgan fingerprint density at radius 2 is 1.22 bits per heavy atom. The molecule has 0 spiro atoms. The van der Waals surface area contributed by atoms with Crippen LogP contribution in [0.1, 0.15) is 77.0 Å². The maximum Gasteiger partial charge on any atom is 0.137 e. The number of ether oxygens (including phenoxy) is 1. The molecular weight excluding hydrogens is 785 g/mol. The van der Waals surface area contributed by atoms with E-state index in [9.17, 15) is 0 Å². The minimum Gasteiger partial charge on any atom is -0.457 e. The number of fused-ring (bicyclic) bond motifs is 7. The Labute approximate surface area is 375 Å². The first-order valence-electron chi connectivity index (χ1n) is 22.5. The molecule has 0 atom stereocenters. The number of hydrogen-bond donors (Lipinski definition) is 0. The van der Waals surface area contributed by atoms with Gasteiger partial charge in [0.2, 0.25) is 0 Å². The Morgan fingerprint density at radius 1 is 0.562 bits per heavy atom. The van der Waals surface area contributed by atoms with E-state index in [4.69, 9.17) is 14.1 Å². The Hall–Kier alpha value is -7.31. The molecule has 0 N–H and O–H groups in total. The average Bonchev–Trinajstić information content (AvgIpc) is 3.98. The topological polar surface area (TPSA) is 46.7 Å². The maximum atomic E-state index is 7.12. The van der Waals surface area contributed by atoms with Gasteiger partial charge in [0.25, 0.3) is 0 Å². The highest BCUT2D eigenvalue weighted by atomic mass is 16.5. The van der Waals surface area contributed by atoms with Crippen molar-refractivity contribution in [3.63, 3.8) is 0 Å². The molecule has 64 heavy (non-hydrogen) atoms. The molecule has 0 unspecified atom stereocenters. The molecule has 0 fully saturated rings. The number of benzene rings is 7. The molecule has 0 saturated carbocycles. The van der Waals surface area contributed by atoms with Crippen molar-refractivity contribution >= 4 is 66.5 Å². The molecule has 0 radical (unpaired) electrons. The SMILES string of the molecule is CC(C)c1cccc(C(C)C)c1-c1cc(Oc2ccc3c4ccccc4n(-c4cc(C(C)(C)C)ccn4)c3c2)cc(N2CN(c3cccc4oc5ccccc5c34)c3ccccc32)c1. The van der Waals surface area contributed by atoms with Gasteiger partial charge in [0.05, 0.1) is 33.5 Å². The summed E-state index contributed by atoms with van der Waals surface area (Å²) in [6.45, 7) is 16.5. The zero-order valence-electron chi connectivity index (χ0n) is 37.6. The fourth-order valence-corrected chi connectivity index (χ4v) is 9.85. The van der Waals surface area contributed by atoms with E-state index >= 15 is 0 Å². The summed E-state index contributed by atoms with van der Waals surface area (Å²) in [5, 5.41) is 4.57. The van der Waals surface area contributed by atoms with Gasteiger partial charge in [0, 0.05) is 40.2 Å². The summed E-state index contributed by atoms with van der Waals surface area (Å²) in [6.07, 6.45) is 1.93. The van der Waals surface area contributed by atoms with Crippen molar-refractivity contribution in [2.45, 2.75) is 65.7 Å².